The summed E-state index contributed by atoms with van der Waals surface area (Å²) in [5.74, 6) is 0. The Morgan fingerprint density at radius 1 is 0.600 bits per heavy atom. The van der Waals surface area contributed by atoms with Crippen molar-refractivity contribution in [1.82, 2.24) is 0 Å². The minimum absolute atomic E-state index is 0. The van der Waals surface area contributed by atoms with Crippen molar-refractivity contribution in [3.8, 4) is 0 Å². The monoisotopic (exact) mass is 250 g/mol. The average molecular weight is 251 g/mol. The molecule has 0 aliphatic carbocycles. The first-order valence-corrected chi connectivity index (χ1v) is 6.12. The minimum Gasteiger partial charge on any atom is -1.00 e. The van der Waals surface area contributed by atoms with E-state index >= 15 is 0 Å². The predicted octanol–water partition coefficient (Wildman–Crippen LogP) is -1.50. The van der Waals surface area contributed by atoms with Crippen LogP contribution in [0.4, 0.5) is 0 Å². The van der Waals surface area contributed by atoms with E-state index in [4.69, 9.17) is 7.85 Å². The third kappa shape index (κ3) is 20.7. The quantitative estimate of drug-likeness (QED) is 0.327. The van der Waals surface area contributed by atoms with Crippen molar-refractivity contribution in [2.75, 3.05) is 0 Å². The van der Waals surface area contributed by atoms with Gasteiger partial charge in [0.1, 0.15) is 0 Å². The summed E-state index contributed by atoms with van der Waals surface area (Å²) in [4.78, 5) is 0. The zero-order valence-corrected chi connectivity index (χ0v) is 11.6. The molecule has 0 saturated heterocycles. The van der Waals surface area contributed by atoms with Crippen molar-refractivity contribution < 1.29 is 24.8 Å². The third-order valence-corrected chi connectivity index (χ3v) is 2.56. The molecule has 0 spiro atoms. The van der Waals surface area contributed by atoms with Gasteiger partial charge in [-0.25, -0.2) is 0 Å². The molecule has 0 bridgehead atoms. The van der Waals surface area contributed by atoms with Crippen LogP contribution in [-0.4, -0.2) is 7.85 Å². The van der Waals surface area contributed by atoms with Crippen LogP contribution in [0.25, 0.3) is 0 Å². The van der Waals surface area contributed by atoms with Gasteiger partial charge in [-0.3, -0.25) is 0 Å². The summed E-state index contributed by atoms with van der Waals surface area (Å²) in [5, 5.41) is 0. The van der Waals surface area contributed by atoms with Gasteiger partial charge in [0.2, 0.25) is 0 Å². The van der Waals surface area contributed by atoms with Gasteiger partial charge in [-0.1, -0.05) is 0 Å². The van der Waals surface area contributed by atoms with E-state index in [-0.39, 0.29) is 24.8 Å². The number of hydrogen-bond donors (Lipinski definition) is 0. The molecule has 15 heavy (non-hydrogen) atoms. The molecule has 0 fully saturated rings. The maximum atomic E-state index is 5.42. The van der Waals surface area contributed by atoms with Gasteiger partial charge in [-0.15, -0.1) is 0 Å². The Morgan fingerprint density at radius 2 is 0.933 bits per heavy atom. The van der Waals surface area contributed by atoms with Crippen LogP contribution in [-0.2, 0) is 0 Å². The van der Waals surface area contributed by atoms with Gasteiger partial charge in [-0.05, 0) is 0 Å². The average Bonchev–Trinajstić information content (AvgIpc) is 2.16. The molecule has 0 radical (unpaired) electrons. The van der Waals surface area contributed by atoms with E-state index in [2.05, 4.69) is 6.92 Å². The van der Waals surface area contributed by atoms with Crippen LogP contribution in [0.5, 0.6) is 0 Å². The van der Waals surface area contributed by atoms with E-state index in [9.17, 15) is 0 Å². The van der Waals surface area contributed by atoms with E-state index < -0.39 is 0 Å². The van der Waals surface area contributed by atoms with Crippen molar-refractivity contribution in [3.63, 3.8) is 0 Å². The molecule has 0 aromatic rings. The van der Waals surface area contributed by atoms with Crippen LogP contribution >= 0.6 is 0 Å². The van der Waals surface area contributed by atoms with Crippen LogP contribution in [0.3, 0.4) is 0 Å². The molecular formula is C12H25BCl2. The molecule has 0 aliphatic rings. The molecule has 0 aromatic carbocycles. The molecule has 0 nitrogen and oxygen atoms in total. The Morgan fingerprint density at radius 3 is 1.27 bits per heavy atom. The van der Waals surface area contributed by atoms with Gasteiger partial charge in [0.05, 0.1) is 0 Å². The van der Waals surface area contributed by atoms with E-state index in [1.54, 1.807) is 0 Å². The van der Waals surface area contributed by atoms with E-state index in [0.717, 1.165) is 6.32 Å². The number of unbranched alkanes of at least 4 members (excludes halogenated alkanes) is 9. The number of rotatable bonds is 10. The summed E-state index contributed by atoms with van der Waals surface area (Å²) in [6.07, 6.45) is 14.8. The fraction of sp³-hybridized carbons (Fsp3) is 1.00. The second kappa shape index (κ2) is 20.1. The molecule has 0 aliphatic heterocycles. The van der Waals surface area contributed by atoms with E-state index in [1.807, 2.05) is 0 Å². The second-order valence-electron chi connectivity index (χ2n) is 3.97. The summed E-state index contributed by atoms with van der Waals surface area (Å²) in [6, 6.07) is 0. The van der Waals surface area contributed by atoms with Gasteiger partial charge < -0.3 is 24.8 Å². The van der Waals surface area contributed by atoms with E-state index in [1.165, 1.54) is 64.2 Å². The normalized spacial score (nSPS) is 9.27. The molecule has 90 valence electrons. The SMILES string of the molecule is [B+2]CCCCCCCCCCCC.[Cl-].[Cl-]. The molecular weight excluding hydrogens is 226 g/mol. The van der Waals surface area contributed by atoms with Crippen molar-refractivity contribution in [2.45, 2.75) is 77.5 Å². The van der Waals surface area contributed by atoms with Crippen LogP contribution in [0.15, 0.2) is 0 Å². The first kappa shape index (κ1) is 21.0. The van der Waals surface area contributed by atoms with Crippen molar-refractivity contribution >= 4 is 7.85 Å². The summed E-state index contributed by atoms with van der Waals surface area (Å²) >= 11 is 0. The summed E-state index contributed by atoms with van der Waals surface area (Å²) in [5.41, 5.74) is 0. The summed E-state index contributed by atoms with van der Waals surface area (Å²) in [7, 11) is 5.42. The Labute approximate surface area is 110 Å². The van der Waals surface area contributed by atoms with Crippen LogP contribution in [0, 0.1) is 0 Å². The maximum absolute atomic E-state index is 5.42. The summed E-state index contributed by atoms with van der Waals surface area (Å²) < 4.78 is 0. The van der Waals surface area contributed by atoms with Crippen LogP contribution in [0.1, 0.15) is 71.1 Å². The Balaban J connectivity index is -0.000000720. The Hall–Kier alpha value is 0.645. The zero-order valence-electron chi connectivity index (χ0n) is 10.1. The first-order chi connectivity index (χ1) is 6.41. The second-order valence-corrected chi connectivity index (χ2v) is 3.97. The zero-order chi connectivity index (χ0) is 9.78. The molecule has 0 aromatic heterocycles. The van der Waals surface area contributed by atoms with Gasteiger partial charge >= 0.3 is 85.3 Å². The Bertz CT molecular complexity index is 79.7. The van der Waals surface area contributed by atoms with E-state index in [0.29, 0.717) is 0 Å². The van der Waals surface area contributed by atoms with Crippen LogP contribution < -0.4 is 24.8 Å². The smallest absolute Gasteiger partial charge is 1.00 e. The van der Waals surface area contributed by atoms with Gasteiger partial charge in [0.25, 0.3) is 0 Å². The molecule has 3 heteroatoms. The number of halogens is 2. The van der Waals surface area contributed by atoms with Crippen LogP contribution in [0.2, 0.25) is 6.32 Å². The van der Waals surface area contributed by atoms with Gasteiger partial charge in [0, 0.05) is 0 Å². The fourth-order valence-corrected chi connectivity index (χ4v) is 1.63. The third-order valence-electron chi connectivity index (χ3n) is 2.56. The standard InChI is InChI=1S/C12H25B.2ClH/c1-2-3-4-5-6-7-8-9-10-11-12-13;;/h2-12H2,1H3;2*1H/q+2;;/p-2. The van der Waals surface area contributed by atoms with Crippen molar-refractivity contribution in [2.24, 2.45) is 0 Å². The molecule has 0 unspecified atom stereocenters. The minimum atomic E-state index is 0. The molecule has 0 heterocycles. The van der Waals surface area contributed by atoms with Gasteiger partial charge in [0.15, 0.2) is 0 Å². The number of hydrogen-bond acceptors (Lipinski definition) is 0. The molecule has 0 atom stereocenters. The first-order valence-electron chi connectivity index (χ1n) is 6.12. The van der Waals surface area contributed by atoms with Crippen molar-refractivity contribution in [1.29, 1.82) is 0 Å². The molecule has 0 saturated carbocycles. The molecule has 0 amide bonds. The fourth-order valence-electron chi connectivity index (χ4n) is 1.63. The topological polar surface area (TPSA) is 0 Å². The Kier molecular flexibility index (Phi) is 28.1. The molecule has 0 rings (SSSR count). The summed E-state index contributed by atoms with van der Waals surface area (Å²) in [6.45, 7) is 2.27. The molecule has 0 N–H and O–H groups in total. The predicted molar refractivity (Wildman–Crippen MR) is 62.4 cm³/mol. The van der Waals surface area contributed by atoms with Crippen molar-refractivity contribution in [3.05, 3.63) is 0 Å². The van der Waals surface area contributed by atoms with Gasteiger partial charge in [-0.2, -0.15) is 0 Å².